The number of aromatic nitrogens is 4. The molecule has 9 nitrogen and oxygen atoms in total. The molecule has 29 heavy (non-hydrogen) atoms. The van der Waals surface area contributed by atoms with Gasteiger partial charge in [0.2, 0.25) is 5.91 Å². The average molecular weight is 393 g/mol. The van der Waals surface area contributed by atoms with Gasteiger partial charge in [0.25, 0.3) is 5.56 Å². The van der Waals surface area contributed by atoms with Crippen molar-refractivity contribution >= 4 is 11.4 Å². The van der Waals surface area contributed by atoms with Crippen molar-refractivity contribution in [2.75, 3.05) is 6.61 Å². The lowest BCUT2D eigenvalue weighted by atomic mass is 10.2. The number of carbonyl (C=O) groups is 1. The number of nitrogens with one attached hydrogen (secondary N) is 1. The van der Waals surface area contributed by atoms with Gasteiger partial charge in [0.1, 0.15) is 29.8 Å². The van der Waals surface area contributed by atoms with Crippen LogP contribution in [-0.4, -0.2) is 31.9 Å². The zero-order chi connectivity index (χ0) is 20.2. The Labute approximate surface area is 165 Å². The van der Waals surface area contributed by atoms with Crippen LogP contribution in [-0.2, 0) is 17.9 Å². The van der Waals surface area contributed by atoms with Gasteiger partial charge in [0, 0.05) is 12.6 Å². The van der Waals surface area contributed by atoms with Crippen LogP contribution in [0.2, 0.25) is 0 Å². The van der Waals surface area contributed by atoms with E-state index in [0.29, 0.717) is 30.1 Å². The van der Waals surface area contributed by atoms with Crippen molar-refractivity contribution in [1.29, 1.82) is 0 Å². The lowest BCUT2D eigenvalue weighted by Gasteiger charge is -2.08. The van der Waals surface area contributed by atoms with Crippen molar-refractivity contribution in [2.45, 2.75) is 20.0 Å². The van der Waals surface area contributed by atoms with Crippen LogP contribution < -0.4 is 15.6 Å². The number of furan rings is 1. The molecular formula is C20H19N5O4. The first-order valence-electron chi connectivity index (χ1n) is 9.12. The van der Waals surface area contributed by atoms with Crippen molar-refractivity contribution in [2.24, 2.45) is 0 Å². The summed E-state index contributed by atoms with van der Waals surface area (Å²) in [5, 5.41) is 11.1. The van der Waals surface area contributed by atoms with E-state index in [0.717, 1.165) is 16.0 Å². The van der Waals surface area contributed by atoms with Crippen LogP contribution >= 0.6 is 0 Å². The minimum Gasteiger partial charge on any atom is -0.494 e. The molecule has 0 aliphatic carbocycles. The molecule has 0 atom stereocenters. The lowest BCUT2D eigenvalue weighted by Crippen LogP contribution is -2.34. The van der Waals surface area contributed by atoms with Gasteiger partial charge >= 0.3 is 0 Å². The van der Waals surface area contributed by atoms with E-state index in [2.05, 4.69) is 15.5 Å². The quantitative estimate of drug-likeness (QED) is 0.514. The van der Waals surface area contributed by atoms with Crippen molar-refractivity contribution in [3.8, 4) is 17.2 Å². The first kappa shape index (κ1) is 18.5. The normalized spacial score (nSPS) is 10.9. The Hall–Kier alpha value is -3.88. The van der Waals surface area contributed by atoms with Gasteiger partial charge < -0.3 is 14.5 Å². The third-order valence-corrected chi connectivity index (χ3v) is 4.28. The molecule has 4 rings (SSSR count). The van der Waals surface area contributed by atoms with E-state index in [1.165, 1.54) is 17.1 Å². The maximum Gasteiger partial charge on any atom is 0.293 e. The third kappa shape index (κ3) is 4.03. The number of hydrogen-bond acceptors (Lipinski definition) is 6. The van der Waals surface area contributed by atoms with E-state index >= 15 is 0 Å². The molecular weight excluding hydrogens is 374 g/mol. The number of fused-ring (bicyclic) bond motifs is 1. The van der Waals surface area contributed by atoms with E-state index in [1.54, 1.807) is 18.2 Å². The summed E-state index contributed by atoms with van der Waals surface area (Å²) >= 11 is 0. The molecule has 0 aliphatic rings. The Morgan fingerprint density at radius 1 is 1.24 bits per heavy atom. The predicted molar refractivity (Wildman–Crippen MR) is 104 cm³/mol. The van der Waals surface area contributed by atoms with Crippen molar-refractivity contribution in [3.05, 3.63) is 71.0 Å². The van der Waals surface area contributed by atoms with Gasteiger partial charge in [-0.25, -0.2) is 9.20 Å². The van der Waals surface area contributed by atoms with Gasteiger partial charge in [-0.05, 0) is 36.8 Å². The van der Waals surface area contributed by atoms with Crippen LogP contribution in [0.1, 0.15) is 12.5 Å². The van der Waals surface area contributed by atoms with E-state index in [4.69, 9.17) is 9.15 Å². The van der Waals surface area contributed by atoms with E-state index in [1.807, 2.05) is 31.2 Å². The summed E-state index contributed by atoms with van der Waals surface area (Å²) in [5.41, 5.74) is 1.35. The summed E-state index contributed by atoms with van der Waals surface area (Å²) in [6.45, 7) is 2.68. The van der Waals surface area contributed by atoms with Crippen LogP contribution in [0.15, 0.2) is 64.3 Å². The molecule has 0 unspecified atom stereocenters. The first-order chi connectivity index (χ1) is 14.1. The van der Waals surface area contributed by atoms with Gasteiger partial charge in [0.05, 0.1) is 12.9 Å². The average Bonchev–Trinajstić information content (AvgIpc) is 3.40. The van der Waals surface area contributed by atoms with E-state index in [-0.39, 0.29) is 12.5 Å². The highest BCUT2D eigenvalue weighted by atomic mass is 16.5. The fourth-order valence-corrected chi connectivity index (χ4v) is 2.86. The summed E-state index contributed by atoms with van der Waals surface area (Å²) in [4.78, 5) is 24.9. The van der Waals surface area contributed by atoms with Gasteiger partial charge in [-0.1, -0.05) is 12.1 Å². The second-order valence-corrected chi connectivity index (χ2v) is 6.28. The van der Waals surface area contributed by atoms with Crippen molar-refractivity contribution in [1.82, 2.24) is 24.7 Å². The Balaban J connectivity index is 1.43. The highest BCUT2D eigenvalue weighted by molar-refractivity contribution is 5.75. The standard InChI is InChI=1S/C20H19N5O4/c1-2-28-15-7-5-14(6-8-15)11-21-19(26)12-24-20(27)17-10-16(18-4-3-9-29-18)23-25(17)13-22-24/h3-10,13H,2,11-12H2,1H3,(H,21,26). The number of hydrogen-bond donors (Lipinski definition) is 1. The van der Waals surface area contributed by atoms with Crippen LogP contribution in [0.4, 0.5) is 0 Å². The molecule has 0 saturated carbocycles. The number of rotatable bonds is 7. The molecule has 0 spiro atoms. The molecule has 1 N–H and O–H groups in total. The molecule has 0 bridgehead atoms. The van der Waals surface area contributed by atoms with Crippen LogP contribution in [0, 0.1) is 0 Å². The molecule has 0 fully saturated rings. The maximum absolute atomic E-state index is 12.6. The SMILES string of the molecule is CCOc1ccc(CNC(=O)Cn2ncn3nc(-c4ccco4)cc3c2=O)cc1. The summed E-state index contributed by atoms with van der Waals surface area (Å²) in [7, 11) is 0. The Morgan fingerprint density at radius 2 is 2.07 bits per heavy atom. The summed E-state index contributed by atoms with van der Waals surface area (Å²) in [5.74, 6) is 1.01. The highest BCUT2D eigenvalue weighted by Gasteiger charge is 2.13. The van der Waals surface area contributed by atoms with E-state index in [9.17, 15) is 9.59 Å². The van der Waals surface area contributed by atoms with Gasteiger partial charge in [-0.15, -0.1) is 0 Å². The Bertz CT molecular complexity index is 1180. The molecule has 3 aromatic heterocycles. The number of nitrogens with zero attached hydrogens (tertiary/aromatic N) is 4. The van der Waals surface area contributed by atoms with Gasteiger partial charge in [-0.3, -0.25) is 9.59 Å². The molecule has 1 aromatic carbocycles. The third-order valence-electron chi connectivity index (χ3n) is 4.28. The molecule has 148 valence electrons. The minimum atomic E-state index is -0.408. The fraction of sp³-hybridized carbons (Fsp3) is 0.200. The molecule has 0 aliphatic heterocycles. The smallest absolute Gasteiger partial charge is 0.293 e. The number of carbonyl (C=O) groups excluding carboxylic acids is 1. The van der Waals surface area contributed by atoms with Crippen LogP contribution in [0.3, 0.4) is 0 Å². The zero-order valence-corrected chi connectivity index (χ0v) is 15.7. The molecule has 0 radical (unpaired) electrons. The molecule has 3 heterocycles. The molecule has 4 aromatic rings. The topological polar surface area (TPSA) is 104 Å². The predicted octanol–water partition coefficient (Wildman–Crippen LogP) is 1.87. The number of amides is 1. The second kappa shape index (κ2) is 8.01. The summed E-state index contributed by atoms with van der Waals surface area (Å²) < 4.78 is 13.2. The minimum absolute atomic E-state index is 0.187. The number of benzene rings is 1. The second-order valence-electron chi connectivity index (χ2n) is 6.28. The first-order valence-corrected chi connectivity index (χ1v) is 9.12. The molecule has 1 amide bonds. The highest BCUT2D eigenvalue weighted by Crippen LogP contribution is 2.18. The van der Waals surface area contributed by atoms with Crippen molar-refractivity contribution < 1.29 is 13.9 Å². The van der Waals surface area contributed by atoms with E-state index < -0.39 is 5.56 Å². The van der Waals surface area contributed by atoms with Gasteiger partial charge in [0.15, 0.2) is 5.76 Å². The zero-order valence-electron chi connectivity index (χ0n) is 15.7. The molecule has 9 heteroatoms. The van der Waals surface area contributed by atoms with Crippen LogP contribution in [0.25, 0.3) is 17.0 Å². The van der Waals surface area contributed by atoms with Crippen molar-refractivity contribution in [3.63, 3.8) is 0 Å². The molecule has 0 saturated heterocycles. The monoisotopic (exact) mass is 393 g/mol. The van der Waals surface area contributed by atoms with Gasteiger partial charge in [-0.2, -0.15) is 10.2 Å². The number of ether oxygens (including phenoxy) is 1. The Kier molecular flexibility index (Phi) is 5.10. The maximum atomic E-state index is 12.6. The Morgan fingerprint density at radius 3 is 2.79 bits per heavy atom. The summed E-state index contributed by atoms with van der Waals surface area (Å²) in [6, 6.07) is 12.6. The summed E-state index contributed by atoms with van der Waals surface area (Å²) in [6.07, 6.45) is 2.92. The fourth-order valence-electron chi connectivity index (χ4n) is 2.86. The lowest BCUT2D eigenvalue weighted by molar-refractivity contribution is -0.122. The van der Waals surface area contributed by atoms with Crippen LogP contribution in [0.5, 0.6) is 5.75 Å². The largest absolute Gasteiger partial charge is 0.494 e.